The van der Waals surface area contributed by atoms with Crippen LogP contribution in [-0.4, -0.2) is 47.9 Å². The van der Waals surface area contributed by atoms with Crippen molar-refractivity contribution in [3.63, 3.8) is 0 Å². The lowest BCUT2D eigenvalue weighted by Gasteiger charge is -2.31. The van der Waals surface area contributed by atoms with Crippen LogP contribution in [0.15, 0.2) is 48.7 Å². The van der Waals surface area contributed by atoms with Gasteiger partial charge in [0.05, 0.1) is 6.61 Å². The molecule has 2 amide bonds. The third kappa shape index (κ3) is 4.16. The average molecular weight is 379 g/mol. The van der Waals surface area contributed by atoms with E-state index in [-0.39, 0.29) is 17.7 Å². The number of amides is 2. The van der Waals surface area contributed by atoms with Gasteiger partial charge in [0.2, 0.25) is 5.91 Å². The highest BCUT2D eigenvalue weighted by molar-refractivity contribution is 5.92. The zero-order valence-corrected chi connectivity index (χ0v) is 15.8. The number of rotatable bonds is 4. The molecule has 1 unspecified atom stereocenters. The summed E-state index contributed by atoms with van der Waals surface area (Å²) < 4.78 is 5.79. The number of fused-ring (bicyclic) bond motifs is 1. The molecule has 0 bridgehead atoms. The van der Waals surface area contributed by atoms with Gasteiger partial charge >= 0.3 is 0 Å². The van der Waals surface area contributed by atoms with E-state index in [4.69, 9.17) is 4.74 Å². The second-order valence-electron chi connectivity index (χ2n) is 7.52. The number of para-hydroxylation sites is 1. The van der Waals surface area contributed by atoms with Crippen molar-refractivity contribution in [2.45, 2.75) is 19.3 Å². The number of carbonyl (C=O) groups is 2. The quantitative estimate of drug-likeness (QED) is 0.885. The van der Waals surface area contributed by atoms with Crippen molar-refractivity contribution in [3.05, 3.63) is 59.9 Å². The number of aromatic nitrogens is 1. The minimum Gasteiger partial charge on any atom is -0.493 e. The number of carbonyl (C=O) groups excluding carboxylic acids is 2. The van der Waals surface area contributed by atoms with E-state index in [2.05, 4.69) is 16.4 Å². The first-order chi connectivity index (χ1) is 13.7. The highest BCUT2D eigenvalue weighted by Crippen LogP contribution is 2.26. The van der Waals surface area contributed by atoms with E-state index in [9.17, 15) is 9.59 Å². The molecule has 3 heterocycles. The number of hydrogen-bond acceptors (Lipinski definition) is 4. The minimum atomic E-state index is -0.0579. The fourth-order valence-corrected chi connectivity index (χ4v) is 3.91. The summed E-state index contributed by atoms with van der Waals surface area (Å²) >= 11 is 0. The normalized spacial score (nSPS) is 19.4. The van der Waals surface area contributed by atoms with E-state index in [0.717, 1.165) is 12.2 Å². The van der Waals surface area contributed by atoms with Gasteiger partial charge in [-0.05, 0) is 43.0 Å². The van der Waals surface area contributed by atoms with Crippen LogP contribution >= 0.6 is 0 Å². The number of benzene rings is 1. The van der Waals surface area contributed by atoms with E-state index in [1.54, 1.807) is 23.2 Å². The van der Waals surface area contributed by atoms with Crippen LogP contribution < -0.4 is 10.1 Å². The molecule has 1 fully saturated rings. The Kier molecular flexibility index (Phi) is 5.55. The summed E-state index contributed by atoms with van der Waals surface area (Å²) in [7, 11) is 0. The summed E-state index contributed by atoms with van der Waals surface area (Å²) in [6, 6.07) is 13.4. The third-order valence-corrected chi connectivity index (χ3v) is 5.56. The third-order valence-electron chi connectivity index (χ3n) is 5.56. The van der Waals surface area contributed by atoms with Gasteiger partial charge in [0.25, 0.3) is 5.91 Å². The Balaban J connectivity index is 1.23. The molecule has 6 heteroatoms. The fourth-order valence-electron chi connectivity index (χ4n) is 3.91. The highest BCUT2D eigenvalue weighted by atomic mass is 16.5. The maximum Gasteiger partial charge on any atom is 0.272 e. The topological polar surface area (TPSA) is 71.5 Å². The average Bonchev–Trinajstić information content (AvgIpc) is 2.77. The Morgan fingerprint density at radius 2 is 1.89 bits per heavy atom. The molecule has 2 aliphatic heterocycles. The summed E-state index contributed by atoms with van der Waals surface area (Å²) in [6.45, 7) is 2.44. The van der Waals surface area contributed by atoms with Crippen molar-refractivity contribution < 1.29 is 14.3 Å². The van der Waals surface area contributed by atoms with Gasteiger partial charge in [-0.25, -0.2) is 0 Å². The second-order valence-corrected chi connectivity index (χ2v) is 7.52. The van der Waals surface area contributed by atoms with E-state index in [1.807, 2.05) is 24.3 Å². The van der Waals surface area contributed by atoms with Crippen molar-refractivity contribution in [1.29, 1.82) is 0 Å². The Morgan fingerprint density at radius 3 is 2.68 bits per heavy atom. The molecule has 0 aliphatic carbocycles. The molecule has 6 nitrogen and oxygen atoms in total. The maximum atomic E-state index is 12.6. The standard InChI is InChI=1S/C22H25N3O3/c26-21(24-14-16-13-18-5-1-2-7-20(18)28-15-16)17-8-11-25(12-9-17)22(27)19-6-3-4-10-23-19/h1-7,10,16-17H,8-9,11-15H2,(H,24,26). The molecule has 0 spiro atoms. The Labute approximate surface area is 164 Å². The molecule has 2 aliphatic rings. The summed E-state index contributed by atoms with van der Waals surface area (Å²) in [5.74, 6) is 1.24. The van der Waals surface area contributed by atoms with E-state index in [0.29, 0.717) is 50.7 Å². The van der Waals surface area contributed by atoms with E-state index in [1.165, 1.54) is 5.56 Å². The van der Waals surface area contributed by atoms with Crippen LogP contribution in [0.3, 0.4) is 0 Å². The Bertz CT molecular complexity index is 832. The second kappa shape index (κ2) is 8.42. The summed E-state index contributed by atoms with van der Waals surface area (Å²) in [6.07, 6.45) is 3.93. The van der Waals surface area contributed by atoms with Crippen LogP contribution in [0.1, 0.15) is 28.9 Å². The predicted molar refractivity (Wildman–Crippen MR) is 105 cm³/mol. The SMILES string of the molecule is O=C(NCC1COc2ccccc2C1)C1CCN(C(=O)c2ccccn2)CC1. The molecule has 1 saturated heterocycles. The van der Waals surface area contributed by atoms with Gasteiger partial charge in [-0.15, -0.1) is 0 Å². The number of nitrogens with zero attached hydrogens (tertiary/aromatic N) is 2. The van der Waals surface area contributed by atoms with Gasteiger partial charge in [0.1, 0.15) is 11.4 Å². The largest absolute Gasteiger partial charge is 0.493 e. The van der Waals surface area contributed by atoms with Crippen LogP contribution in [0.4, 0.5) is 0 Å². The van der Waals surface area contributed by atoms with Gasteiger partial charge in [-0.3, -0.25) is 14.6 Å². The lowest BCUT2D eigenvalue weighted by Crippen LogP contribution is -2.44. The van der Waals surface area contributed by atoms with Gasteiger partial charge in [0, 0.05) is 37.7 Å². The van der Waals surface area contributed by atoms with Crippen molar-refractivity contribution in [3.8, 4) is 5.75 Å². The smallest absolute Gasteiger partial charge is 0.272 e. The number of nitrogens with one attached hydrogen (secondary N) is 1. The zero-order valence-electron chi connectivity index (χ0n) is 15.8. The molecule has 2 aromatic rings. The zero-order chi connectivity index (χ0) is 19.3. The summed E-state index contributed by atoms with van der Waals surface area (Å²) in [5, 5.41) is 3.09. The predicted octanol–water partition coefficient (Wildman–Crippen LogP) is 2.30. The number of ether oxygens (including phenoxy) is 1. The number of likely N-dealkylation sites (tertiary alicyclic amines) is 1. The van der Waals surface area contributed by atoms with Gasteiger partial charge in [-0.2, -0.15) is 0 Å². The monoisotopic (exact) mass is 379 g/mol. The fraction of sp³-hybridized carbons (Fsp3) is 0.409. The lowest BCUT2D eigenvalue weighted by atomic mass is 9.94. The van der Waals surface area contributed by atoms with Crippen LogP contribution in [0.5, 0.6) is 5.75 Å². The molecule has 1 aromatic heterocycles. The van der Waals surface area contributed by atoms with E-state index < -0.39 is 0 Å². The molecule has 28 heavy (non-hydrogen) atoms. The summed E-state index contributed by atoms with van der Waals surface area (Å²) in [4.78, 5) is 30.9. The molecule has 0 radical (unpaired) electrons. The van der Waals surface area contributed by atoms with Crippen LogP contribution in [0.25, 0.3) is 0 Å². The molecule has 0 saturated carbocycles. The van der Waals surface area contributed by atoms with Crippen LogP contribution in [0.2, 0.25) is 0 Å². The molecule has 4 rings (SSSR count). The summed E-state index contributed by atoms with van der Waals surface area (Å²) in [5.41, 5.74) is 1.66. The molecule has 146 valence electrons. The Morgan fingerprint density at radius 1 is 1.11 bits per heavy atom. The number of piperidine rings is 1. The lowest BCUT2D eigenvalue weighted by molar-refractivity contribution is -0.126. The molecule has 1 aromatic carbocycles. The first kappa shape index (κ1) is 18.5. The first-order valence-electron chi connectivity index (χ1n) is 9.89. The van der Waals surface area contributed by atoms with Crippen molar-refractivity contribution in [2.24, 2.45) is 11.8 Å². The van der Waals surface area contributed by atoms with Crippen LogP contribution in [0, 0.1) is 11.8 Å². The van der Waals surface area contributed by atoms with Crippen molar-refractivity contribution in [1.82, 2.24) is 15.2 Å². The van der Waals surface area contributed by atoms with Gasteiger partial charge in [-0.1, -0.05) is 24.3 Å². The highest BCUT2D eigenvalue weighted by Gasteiger charge is 2.29. The number of hydrogen-bond donors (Lipinski definition) is 1. The molecular weight excluding hydrogens is 354 g/mol. The minimum absolute atomic E-state index is 0.0374. The van der Waals surface area contributed by atoms with Gasteiger partial charge in [0.15, 0.2) is 0 Å². The first-order valence-corrected chi connectivity index (χ1v) is 9.89. The molecule has 1 N–H and O–H groups in total. The van der Waals surface area contributed by atoms with Crippen LogP contribution in [-0.2, 0) is 11.2 Å². The number of pyridine rings is 1. The molecule has 1 atom stereocenters. The van der Waals surface area contributed by atoms with Gasteiger partial charge < -0.3 is 15.0 Å². The Hall–Kier alpha value is -2.89. The molecular formula is C22H25N3O3. The maximum absolute atomic E-state index is 12.6. The van der Waals surface area contributed by atoms with Crippen molar-refractivity contribution in [2.75, 3.05) is 26.2 Å². The van der Waals surface area contributed by atoms with Crippen molar-refractivity contribution >= 4 is 11.8 Å². The van der Waals surface area contributed by atoms with E-state index >= 15 is 0 Å².